The lowest BCUT2D eigenvalue weighted by molar-refractivity contribution is 0.418. The second-order valence-electron chi connectivity index (χ2n) is 4.64. The lowest BCUT2D eigenvalue weighted by atomic mass is 9.96. The van der Waals surface area contributed by atoms with E-state index in [1.54, 1.807) is 12.1 Å². The van der Waals surface area contributed by atoms with Gasteiger partial charge in [-0.1, -0.05) is 25.0 Å². The van der Waals surface area contributed by atoms with Crippen molar-refractivity contribution >= 4 is 21.6 Å². The van der Waals surface area contributed by atoms with Crippen LogP contribution in [0.25, 0.3) is 0 Å². The Morgan fingerprint density at radius 1 is 1.26 bits per heavy atom. The summed E-state index contributed by atoms with van der Waals surface area (Å²) >= 11 is 6.16. The third-order valence-corrected chi connectivity index (χ3v) is 5.36. The van der Waals surface area contributed by atoms with Crippen molar-refractivity contribution in [2.75, 3.05) is 0 Å². The number of sulfonamides is 1. The maximum absolute atomic E-state index is 12.3. The summed E-state index contributed by atoms with van der Waals surface area (Å²) in [5.41, 5.74) is 0.150. The minimum atomic E-state index is -3.69. The average Bonchev–Trinajstić information content (AvgIpc) is 2.41. The van der Waals surface area contributed by atoms with Crippen LogP contribution in [0.2, 0.25) is 0 Å². The van der Waals surface area contributed by atoms with E-state index in [-0.39, 0.29) is 21.9 Å². The van der Waals surface area contributed by atoms with Crippen LogP contribution >= 0.6 is 11.6 Å². The molecule has 0 amide bonds. The maximum Gasteiger partial charge on any atom is 0.242 e. The zero-order chi connectivity index (χ0) is 13.9. The average molecular weight is 299 g/mol. The largest absolute Gasteiger partial charge is 0.242 e. The van der Waals surface area contributed by atoms with Gasteiger partial charge in [0.05, 0.1) is 10.5 Å². The lowest BCUT2D eigenvalue weighted by Gasteiger charge is -2.27. The van der Waals surface area contributed by atoms with E-state index in [1.807, 2.05) is 6.07 Å². The predicted octanol–water partition coefficient (Wildman–Crippen LogP) is 2.39. The Labute approximate surface area is 118 Å². The Balaban J connectivity index is 2.25. The normalized spacial score (nSPS) is 23.8. The summed E-state index contributed by atoms with van der Waals surface area (Å²) in [6.07, 6.45) is 3.55. The number of alkyl halides is 1. The van der Waals surface area contributed by atoms with Crippen molar-refractivity contribution in [3.63, 3.8) is 0 Å². The summed E-state index contributed by atoms with van der Waals surface area (Å²) in [7, 11) is -3.69. The first-order valence-electron chi connectivity index (χ1n) is 6.20. The second kappa shape index (κ2) is 5.91. The van der Waals surface area contributed by atoms with Gasteiger partial charge >= 0.3 is 0 Å². The maximum atomic E-state index is 12.3. The highest BCUT2D eigenvalue weighted by Gasteiger charge is 2.29. The molecule has 0 bridgehead atoms. The molecule has 1 aliphatic rings. The number of nitrogens with one attached hydrogen (secondary N) is 1. The Hall–Kier alpha value is -1.09. The van der Waals surface area contributed by atoms with Crippen molar-refractivity contribution in [2.24, 2.45) is 0 Å². The molecular weight excluding hydrogens is 284 g/mol. The molecule has 0 spiro atoms. The molecule has 2 atom stereocenters. The van der Waals surface area contributed by atoms with E-state index < -0.39 is 10.0 Å². The summed E-state index contributed by atoms with van der Waals surface area (Å²) in [5, 5.41) is 8.79. The zero-order valence-electron chi connectivity index (χ0n) is 10.3. The minimum Gasteiger partial charge on any atom is -0.207 e. The van der Waals surface area contributed by atoms with Crippen molar-refractivity contribution in [1.29, 1.82) is 5.26 Å². The number of nitrogens with zero attached hydrogens (tertiary/aromatic N) is 1. The number of rotatable bonds is 3. The highest BCUT2D eigenvalue weighted by molar-refractivity contribution is 7.89. The zero-order valence-corrected chi connectivity index (χ0v) is 11.9. The highest BCUT2D eigenvalue weighted by Crippen LogP contribution is 2.25. The third kappa shape index (κ3) is 3.27. The second-order valence-corrected chi connectivity index (χ2v) is 6.88. The monoisotopic (exact) mass is 298 g/mol. The Morgan fingerprint density at radius 3 is 2.63 bits per heavy atom. The summed E-state index contributed by atoms with van der Waals surface area (Å²) < 4.78 is 27.2. The van der Waals surface area contributed by atoms with E-state index in [0.717, 1.165) is 25.7 Å². The molecule has 2 rings (SSSR count). The number of hydrogen-bond donors (Lipinski definition) is 1. The van der Waals surface area contributed by atoms with Crippen molar-refractivity contribution in [2.45, 2.75) is 42.0 Å². The molecule has 19 heavy (non-hydrogen) atoms. The van der Waals surface area contributed by atoms with Gasteiger partial charge in [-0.2, -0.15) is 5.26 Å². The van der Waals surface area contributed by atoms with Crippen LogP contribution in [0.4, 0.5) is 0 Å². The van der Waals surface area contributed by atoms with Crippen LogP contribution < -0.4 is 4.72 Å². The van der Waals surface area contributed by atoms with Crippen LogP contribution in [0.1, 0.15) is 31.2 Å². The number of benzene rings is 1. The van der Waals surface area contributed by atoms with Gasteiger partial charge in [-0.05, 0) is 25.0 Å². The molecule has 0 aromatic heterocycles. The number of nitriles is 1. The molecule has 1 aliphatic carbocycles. The molecular formula is C13H15ClN2O2S. The van der Waals surface area contributed by atoms with Crippen LogP contribution in [0, 0.1) is 11.3 Å². The molecule has 1 saturated carbocycles. The van der Waals surface area contributed by atoms with Gasteiger partial charge < -0.3 is 0 Å². The van der Waals surface area contributed by atoms with Crippen molar-refractivity contribution in [3.05, 3.63) is 29.8 Å². The van der Waals surface area contributed by atoms with E-state index in [4.69, 9.17) is 16.9 Å². The van der Waals surface area contributed by atoms with E-state index in [0.29, 0.717) is 0 Å². The molecule has 0 saturated heterocycles. The van der Waals surface area contributed by atoms with Gasteiger partial charge in [0, 0.05) is 11.4 Å². The first-order valence-corrected chi connectivity index (χ1v) is 8.12. The van der Waals surface area contributed by atoms with Crippen LogP contribution in [0.15, 0.2) is 29.2 Å². The fourth-order valence-corrected chi connectivity index (χ4v) is 4.16. The van der Waals surface area contributed by atoms with Crippen LogP contribution in [0.3, 0.4) is 0 Å². The first-order chi connectivity index (χ1) is 9.04. The van der Waals surface area contributed by atoms with E-state index in [2.05, 4.69) is 4.72 Å². The minimum absolute atomic E-state index is 0.0203. The Bertz CT molecular complexity index is 595. The molecule has 0 heterocycles. The highest BCUT2D eigenvalue weighted by atomic mass is 35.5. The van der Waals surface area contributed by atoms with Crippen LogP contribution in [0.5, 0.6) is 0 Å². The molecule has 6 heteroatoms. The van der Waals surface area contributed by atoms with Crippen molar-refractivity contribution < 1.29 is 8.42 Å². The molecule has 0 radical (unpaired) electrons. The first kappa shape index (κ1) is 14.3. The molecule has 102 valence electrons. The van der Waals surface area contributed by atoms with Gasteiger partial charge in [0.2, 0.25) is 10.0 Å². The summed E-state index contributed by atoms with van der Waals surface area (Å²) in [4.78, 5) is 0.0203. The van der Waals surface area contributed by atoms with Crippen molar-refractivity contribution in [1.82, 2.24) is 4.72 Å². The number of hydrogen-bond acceptors (Lipinski definition) is 3. The third-order valence-electron chi connectivity index (χ3n) is 3.29. The van der Waals surface area contributed by atoms with Crippen LogP contribution in [-0.2, 0) is 10.0 Å². The quantitative estimate of drug-likeness (QED) is 0.871. The Kier molecular flexibility index (Phi) is 4.46. The van der Waals surface area contributed by atoms with Gasteiger partial charge in [0.25, 0.3) is 0 Å². The summed E-state index contributed by atoms with van der Waals surface area (Å²) in [5.74, 6) is 0. The van der Waals surface area contributed by atoms with E-state index in [9.17, 15) is 8.42 Å². The topological polar surface area (TPSA) is 70.0 Å². The van der Waals surface area contributed by atoms with Gasteiger partial charge in [-0.3, -0.25) is 0 Å². The smallest absolute Gasteiger partial charge is 0.207 e. The molecule has 1 aromatic rings. The van der Waals surface area contributed by atoms with Gasteiger partial charge in [0.1, 0.15) is 6.07 Å². The SMILES string of the molecule is N#Cc1ccccc1S(=O)(=O)NC1CCCCC1Cl. The molecule has 1 fully saturated rings. The molecule has 4 nitrogen and oxygen atoms in total. The summed E-state index contributed by atoms with van der Waals surface area (Å²) in [6.45, 7) is 0. The van der Waals surface area contributed by atoms with Crippen LogP contribution in [-0.4, -0.2) is 19.8 Å². The molecule has 1 N–H and O–H groups in total. The summed E-state index contributed by atoms with van der Waals surface area (Å²) in [6, 6.07) is 7.82. The van der Waals surface area contributed by atoms with E-state index >= 15 is 0 Å². The van der Waals surface area contributed by atoms with Gasteiger partial charge in [0.15, 0.2) is 0 Å². The van der Waals surface area contributed by atoms with Gasteiger partial charge in [-0.15, -0.1) is 11.6 Å². The number of halogens is 1. The molecule has 1 aromatic carbocycles. The fraction of sp³-hybridized carbons (Fsp3) is 0.462. The molecule has 2 unspecified atom stereocenters. The van der Waals surface area contributed by atoms with Crippen molar-refractivity contribution in [3.8, 4) is 6.07 Å². The van der Waals surface area contributed by atoms with Gasteiger partial charge in [-0.25, -0.2) is 13.1 Å². The fourth-order valence-electron chi connectivity index (χ4n) is 2.27. The van der Waals surface area contributed by atoms with E-state index in [1.165, 1.54) is 12.1 Å². The lowest BCUT2D eigenvalue weighted by Crippen LogP contribution is -2.42. The predicted molar refractivity (Wildman–Crippen MR) is 73.4 cm³/mol. The Morgan fingerprint density at radius 2 is 1.95 bits per heavy atom. The molecule has 0 aliphatic heterocycles. The standard InChI is InChI=1S/C13H15ClN2O2S/c14-11-6-2-3-7-12(11)16-19(17,18)13-8-4-1-5-10(13)9-15/h1,4-5,8,11-12,16H,2-3,6-7H2.